The Balaban J connectivity index is 1.82. The van der Waals surface area contributed by atoms with Crippen LogP contribution in [0, 0.1) is 5.82 Å². The van der Waals surface area contributed by atoms with Gasteiger partial charge in [0.05, 0.1) is 0 Å². The van der Waals surface area contributed by atoms with Crippen LogP contribution in [0.5, 0.6) is 0 Å². The lowest BCUT2D eigenvalue weighted by molar-refractivity contribution is 0.147. The number of benzene rings is 1. The van der Waals surface area contributed by atoms with Crippen molar-refractivity contribution in [2.75, 3.05) is 27.2 Å². The first kappa shape index (κ1) is 14.8. The molecular weight excluding hydrogens is 257 g/mol. The summed E-state index contributed by atoms with van der Waals surface area (Å²) < 4.78 is 13.0. The lowest BCUT2D eigenvalue weighted by Gasteiger charge is -2.35. The van der Waals surface area contributed by atoms with Gasteiger partial charge in [-0.05, 0) is 50.7 Å². The van der Waals surface area contributed by atoms with Crippen LogP contribution < -0.4 is 5.32 Å². The highest BCUT2D eigenvalue weighted by Gasteiger charge is 2.23. The summed E-state index contributed by atoms with van der Waals surface area (Å²) in [4.78, 5) is 16.1. The molecule has 2 rings (SSSR count). The van der Waals surface area contributed by atoms with Gasteiger partial charge >= 0.3 is 6.03 Å². The first-order valence-electron chi connectivity index (χ1n) is 7.00. The zero-order valence-electron chi connectivity index (χ0n) is 12.1. The van der Waals surface area contributed by atoms with E-state index in [0.717, 1.165) is 31.5 Å². The minimum Gasteiger partial charge on any atom is -0.334 e. The minimum atomic E-state index is -0.277. The van der Waals surface area contributed by atoms with Crippen LogP contribution in [-0.2, 0) is 6.54 Å². The molecule has 1 N–H and O–H groups in total. The molecule has 4 nitrogen and oxygen atoms in total. The third kappa shape index (κ3) is 3.93. The van der Waals surface area contributed by atoms with Crippen LogP contribution in [0.1, 0.15) is 18.4 Å². The van der Waals surface area contributed by atoms with E-state index in [2.05, 4.69) is 17.3 Å². The van der Waals surface area contributed by atoms with E-state index in [-0.39, 0.29) is 11.8 Å². The predicted octanol–water partition coefficient (Wildman–Crippen LogP) is 2.06. The maximum Gasteiger partial charge on any atom is 0.317 e. The van der Waals surface area contributed by atoms with Crippen LogP contribution >= 0.6 is 0 Å². The smallest absolute Gasteiger partial charge is 0.317 e. The van der Waals surface area contributed by atoms with Gasteiger partial charge in [0.2, 0.25) is 0 Å². The molecule has 1 fully saturated rings. The second kappa shape index (κ2) is 6.70. The molecule has 1 saturated heterocycles. The summed E-state index contributed by atoms with van der Waals surface area (Å²) >= 11 is 0. The van der Waals surface area contributed by atoms with Gasteiger partial charge in [-0.3, -0.25) is 0 Å². The Hall–Kier alpha value is -1.62. The molecule has 1 heterocycles. The van der Waals surface area contributed by atoms with Crippen LogP contribution in [-0.4, -0.2) is 49.1 Å². The number of amides is 2. The van der Waals surface area contributed by atoms with Crippen LogP contribution in [0.15, 0.2) is 24.3 Å². The summed E-state index contributed by atoms with van der Waals surface area (Å²) in [5, 5.41) is 2.84. The normalized spacial score (nSPS) is 16.9. The predicted molar refractivity (Wildman–Crippen MR) is 76.9 cm³/mol. The standard InChI is InChI=1S/C15H22FN3O/c1-18-8-6-14(7-9-18)19(2)15(20)17-11-12-4-3-5-13(16)10-12/h3-5,10,14H,6-9,11H2,1-2H3,(H,17,20). The van der Waals surface area contributed by atoms with Gasteiger partial charge < -0.3 is 15.1 Å². The van der Waals surface area contributed by atoms with Crippen molar-refractivity contribution < 1.29 is 9.18 Å². The number of piperidine rings is 1. The SMILES string of the molecule is CN1CCC(N(C)C(=O)NCc2cccc(F)c2)CC1. The van der Waals surface area contributed by atoms with E-state index in [4.69, 9.17) is 0 Å². The van der Waals surface area contributed by atoms with Gasteiger partial charge in [-0.15, -0.1) is 0 Å². The molecule has 0 radical (unpaired) electrons. The summed E-state index contributed by atoms with van der Waals surface area (Å²) in [5.74, 6) is -0.277. The highest BCUT2D eigenvalue weighted by molar-refractivity contribution is 5.74. The number of urea groups is 1. The van der Waals surface area contributed by atoms with Gasteiger partial charge in [0.25, 0.3) is 0 Å². The van der Waals surface area contributed by atoms with Crippen molar-refractivity contribution in [1.29, 1.82) is 0 Å². The quantitative estimate of drug-likeness (QED) is 0.919. The van der Waals surface area contributed by atoms with Crippen molar-refractivity contribution in [2.24, 2.45) is 0 Å². The van der Waals surface area contributed by atoms with Crippen LogP contribution in [0.25, 0.3) is 0 Å². The largest absolute Gasteiger partial charge is 0.334 e. The molecule has 5 heteroatoms. The van der Waals surface area contributed by atoms with Crippen molar-refractivity contribution in [2.45, 2.75) is 25.4 Å². The zero-order valence-corrected chi connectivity index (χ0v) is 12.1. The van der Waals surface area contributed by atoms with Crippen molar-refractivity contribution in [1.82, 2.24) is 15.1 Å². The van der Waals surface area contributed by atoms with Crippen LogP contribution in [0.4, 0.5) is 9.18 Å². The van der Waals surface area contributed by atoms with Gasteiger partial charge in [-0.25, -0.2) is 9.18 Å². The third-order valence-electron chi connectivity index (χ3n) is 3.89. The number of hydrogen-bond donors (Lipinski definition) is 1. The Bertz CT molecular complexity index is 458. The fourth-order valence-corrected chi connectivity index (χ4v) is 2.50. The Kier molecular flexibility index (Phi) is 4.95. The molecule has 1 aromatic carbocycles. The highest BCUT2D eigenvalue weighted by Crippen LogP contribution is 2.14. The van der Waals surface area contributed by atoms with Crippen molar-refractivity contribution in [3.05, 3.63) is 35.6 Å². The number of hydrogen-bond acceptors (Lipinski definition) is 2. The molecule has 20 heavy (non-hydrogen) atoms. The number of carbonyl (C=O) groups is 1. The molecule has 1 aliphatic rings. The molecule has 0 spiro atoms. The third-order valence-corrected chi connectivity index (χ3v) is 3.89. The average Bonchev–Trinajstić information content (AvgIpc) is 2.45. The minimum absolute atomic E-state index is 0.0937. The molecule has 110 valence electrons. The topological polar surface area (TPSA) is 35.6 Å². The van der Waals surface area contributed by atoms with Crippen molar-refractivity contribution in [3.63, 3.8) is 0 Å². The second-order valence-electron chi connectivity index (χ2n) is 5.43. The van der Waals surface area contributed by atoms with E-state index < -0.39 is 0 Å². The van der Waals surface area contributed by atoms with Gasteiger partial charge in [0, 0.05) is 19.6 Å². The maximum atomic E-state index is 13.0. The molecule has 1 aliphatic heterocycles. The molecule has 0 aromatic heterocycles. The van der Waals surface area contributed by atoms with Gasteiger partial charge in [0.15, 0.2) is 0 Å². The summed E-state index contributed by atoms with van der Waals surface area (Å²) in [7, 11) is 3.93. The Labute approximate surface area is 119 Å². The Morgan fingerprint density at radius 3 is 2.80 bits per heavy atom. The van der Waals surface area contributed by atoms with E-state index in [1.54, 1.807) is 17.0 Å². The number of halogens is 1. The molecule has 0 aliphatic carbocycles. The second-order valence-corrected chi connectivity index (χ2v) is 5.43. The average molecular weight is 279 g/mol. The Morgan fingerprint density at radius 1 is 1.45 bits per heavy atom. The number of nitrogens with one attached hydrogen (secondary N) is 1. The van der Waals surface area contributed by atoms with E-state index in [1.165, 1.54) is 12.1 Å². The number of likely N-dealkylation sites (tertiary alicyclic amines) is 1. The molecular formula is C15H22FN3O. The molecule has 0 unspecified atom stereocenters. The van der Waals surface area contributed by atoms with Crippen molar-refractivity contribution >= 4 is 6.03 Å². The fraction of sp³-hybridized carbons (Fsp3) is 0.533. The Morgan fingerprint density at radius 2 is 2.15 bits per heavy atom. The number of nitrogens with zero attached hydrogens (tertiary/aromatic N) is 2. The zero-order chi connectivity index (χ0) is 14.5. The van der Waals surface area contributed by atoms with E-state index in [1.807, 2.05) is 7.05 Å². The van der Waals surface area contributed by atoms with Gasteiger partial charge in [0.1, 0.15) is 5.82 Å². The van der Waals surface area contributed by atoms with E-state index in [9.17, 15) is 9.18 Å². The molecule has 0 atom stereocenters. The van der Waals surface area contributed by atoms with Gasteiger partial charge in [-0.2, -0.15) is 0 Å². The van der Waals surface area contributed by atoms with E-state index >= 15 is 0 Å². The summed E-state index contributed by atoms with van der Waals surface area (Å²) in [6.45, 7) is 2.39. The number of rotatable bonds is 3. The van der Waals surface area contributed by atoms with Crippen LogP contribution in [0.3, 0.4) is 0 Å². The maximum absolute atomic E-state index is 13.0. The van der Waals surface area contributed by atoms with Crippen LogP contribution in [0.2, 0.25) is 0 Å². The summed E-state index contributed by atoms with van der Waals surface area (Å²) in [6, 6.07) is 6.49. The molecule has 2 amide bonds. The molecule has 0 bridgehead atoms. The van der Waals surface area contributed by atoms with Crippen molar-refractivity contribution in [3.8, 4) is 0 Å². The van der Waals surface area contributed by atoms with Gasteiger partial charge in [-0.1, -0.05) is 12.1 Å². The summed E-state index contributed by atoms with van der Waals surface area (Å²) in [5.41, 5.74) is 0.773. The lowest BCUT2D eigenvalue weighted by atomic mass is 10.0. The van der Waals surface area contributed by atoms with E-state index in [0.29, 0.717) is 12.6 Å². The monoisotopic (exact) mass is 279 g/mol. The lowest BCUT2D eigenvalue weighted by Crippen LogP contribution is -2.47. The first-order chi connectivity index (χ1) is 9.56. The molecule has 0 saturated carbocycles. The fourth-order valence-electron chi connectivity index (χ4n) is 2.50. The summed E-state index contributed by atoms with van der Waals surface area (Å²) in [6.07, 6.45) is 2.00. The number of carbonyl (C=O) groups excluding carboxylic acids is 1. The molecule has 1 aromatic rings. The highest BCUT2D eigenvalue weighted by atomic mass is 19.1. The first-order valence-corrected chi connectivity index (χ1v) is 7.00.